The second kappa shape index (κ2) is 7.98. The molecule has 0 heterocycles. The molecule has 3 N–H and O–H groups in total. The number of esters is 1. The van der Waals surface area contributed by atoms with Crippen LogP contribution in [0, 0.1) is 0 Å². The molecule has 120 valence electrons. The Kier molecular flexibility index (Phi) is 5.74. The molecule has 2 rings (SSSR count). The van der Waals surface area contributed by atoms with Crippen molar-refractivity contribution >= 4 is 17.6 Å². The van der Waals surface area contributed by atoms with Crippen molar-refractivity contribution < 1.29 is 9.53 Å². The molecule has 0 aliphatic heterocycles. The first-order chi connectivity index (χ1) is 11.1. The van der Waals surface area contributed by atoms with Crippen molar-refractivity contribution in [1.82, 2.24) is 0 Å². The summed E-state index contributed by atoms with van der Waals surface area (Å²) in [6, 6.07) is 15.2. The van der Waals surface area contributed by atoms with Crippen LogP contribution in [0.25, 0.3) is 0 Å². The molecular weight excluding hydrogens is 290 g/mol. The molecule has 0 unspecified atom stereocenters. The summed E-state index contributed by atoms with van der Waals surface area (Å²) >= 11 is 0. The van der Waals surface area contributed by atoms with Crippen LogP contribution in [0.2, 0.25) is 0 Å². The van der Waals surface area contributed by atoms with E-state index in [0.29, 0.717) is 18.1 Å². The summed E-state index contributed by atoms with van der Waals surface area (Å²) in [7, 11) is 1.36. The summed E-state index contributed by atoms with van der Waals surface area (Å²) in [4.78, 5) is 15.8. The van der Waals surface area contributed by atoms with Crippen molar-refractivity contribution in [3.63, 3.8) is 0 Å². The first kappa shape index (κ1) is 16.5. The second-order valence-corrected chi connectivity index (χ2v) is 5.07. The Morgan fingerprint density at radius 2 is 1.91 bits per heavy atom. The van der Waals surface area contributed by atoms with Gasteiger partial charge in [0.25, 0.3) is 0 Å². The fourth-order valence-electron chi connectivity index (χ4n) is 2.10. The van der Waals surface area contributed by atoms with Gasteiger partial charge < -0.3 is 15.8 Å². The van der Waals surface area contributed by atoms with E-state index >= 15 is 0 Å². The molecule has 0 atom stereocenters. The van der Waals surface area contributed by atoms with Crippen LogP contribution >= 0.6 is 0 Å². The Hall–Kier alpha value is -2.82. The fraction of sp³-hybridized carbons (Fsp3) is 0.222. The van der Waals surface area contributed by atoms with Crippen LogP contribution in [0.3, 0.4) is 0 Å². The van der Waals surface area contributed by atoms with Gasteiger partial charge in [-0.1, -0.05) is 31.2 Å². The number of anilines is 1. The van der Waals surface area contributed by atoms with Crippen LogP contribution < -0.4 is 11.1 Å². The van der Waals surface area contributed by atoms with Crippen LogP contribution in [-0.4, -0.2) is 19.0 Å². The van der Waals surface area contributed by atoms with Crippen molar-refractivity contribution in [1.29, 1.82) is 0 Å². The average Bonchev–Trinajstić information content (AvgIpc) is 2.60. The number of benzene rings is 2. The summed E-state index contributed by atoms with van der Waals surface area (Å²) in [6.45, 7) is 2.50. The summed E-state index contributed by atoms with van der Waals surface area (Å²) in [6.07, 6.45) is 1.00. The number of ether oxygens (including phenoxy) is 1. The number of aliphatic imine (C=N–C) groups is 1. The molecule has 5 heteroatoms. The Labute approximate surface area is 136 Å². The maximum atomic E-state index is 11.5. The van der Waals surface area contributed by atoms with Crippen molar-refractivity contribution in [2.75, 3.05) is 12.4 Å². The summed E-state index contributed by atoms with van der Waals surface area (Å²) < 4.78 is 4.70. The Morgan fingerprint density at radius 1 is 1.17 bits per heavy atom. The zero-order chi connectivity index (χ0) is 16.7. The quantitative estimate of drug-likeness (QED) is 0.505. The number of guanidine groups is 1. The maximum absolute atomic E-state index is 11.5. The molecule has 0 amide bonds. The van der Waals surface area contributed by atoms with Gasteiger partial charge in [0.1, 0.15) is 0 Å². The van der Waals surface area contributed by atoms with E-state index in [9.17, 15) is 4.79 Å². The smallest absolute Gasteiger partial charge is 0.337 e. The third-order valence-corrected chi connectivity index (χ3v) is 3.41. The van der Waals surface area contributed by atoms with E-state index in [1.165, 1.54) is 12.7 Å². The van der Waals surface area contributed by atoms with E-state index in [2.05, 4.69) is 29.4 Å². The Morgan fingerprint density at radius 3 is 2.57 bits per heavy atom. The summed E-state index contributed by atoms with van der Waals surface area (Å²) in [5.41, 5.74) is 9.45. The van der Waals surface area contributed by atoms with Crippen molar-refractivity contribution in [3.05, 3.63) is 65.2 Å². The molecule has 23 heavy (non-hydrogen) atoms. The average molecular weight is 311 g/mol. The van der Waals surface area contributed by atoms with E-state index in [1.54, 1.807) is 18.2 Å². The summed E-state index contributed by atoms with van der Waals surface area (Å²) in [5, 5.41) is 3.05. The molecule has 0 fully saturated rings. The molecule has 0 aliphatic carbocycles. The number of methoxy groups -OCH3 is 1. The number of hydrogen-bond donors (Lipinski definition) is 2. The van der Waals surface area contributed by atoms with E-state index in [4.69, 9.17) is 10.5 Å². The zero-order valence-corrected chi connectivity index (χ0v) is 13.4. The highest BCUT2D eigenvalue weighted by atomic mass is 16.5. The minimum atomic E-state index is -0.363. The Balaban J connectivity index is 1.99. The highest BCUT2D eigenvalue weighted by Crippen LogP contribution is 2.10. The predicted molar refractivity (Wildman–Crippen MR) is 92.6 cm³/mol. The normalized spacial score (nSPS) is 11.1. The fourth-order valence-corrected chi connectivity index (χ4v) is 2.10. The van der Waals surface area contributed by atoms with Crippen LogP contribution in [0.5, 0.6) is 0 Å². The summed E-state index contributed by atoms with van der Waals surface area (Å²) in [5.74, 6) is -0.0318. The SMILES string of the molecule is CCc1ccc(NC(N)=NCc2cccc(C(=O)OC)c2)cc1. The molecule has 0 aliphatic rings. The molecule has 2 aromatic rings. The predicted octanol–water partition coefficient (Wildman–Crippen LogP) is 2.96. The highest BCUT2D eigenvalue weighted by Gasteiger charge is 2.05. The third-order valence-electron chi connectivity index (χ3n) is 3.41. The molecule has 0 saturated heterocycles. The van der Waals surface area contributed by atoms with Gasteiger partial charge in [-0.05, 0) is 41.8 Å². The largest absolute Gasteiger partial charge is 0.465 e. The van der Waals surface area contributed by atoms with E-state index in [-0.39, 0.29) is 5.97 Å². The second-order valence-electron chi connectivity index (χ2n) is 5.07. The number of carbonyl (C=O) groups excluding carboxylic acids is 1. The molecular formula is C18H21N3O2. The van der Waals surface area contributed by atoms with Gasteiger partial charge in [-0.25, -0.2) is 9.79 Å². The van der Waals surface area contributed by atoms with Crippen LogP contribution in [0.1, 0.15) is 28.4 Å². The van der Waals surface area contributed by atoms with Gasteiger partial charge >= 0.3 is 5.97 Å². The lowest BCUT2D eigenvalue weighted by Crippen LogP contribution is -2.22. The lowest BCUT2D eigenvalue weighted by Gasteiger charge is -2.07. The first-order valence-electron chi connectivity index (χ1n) is 7.45. The van der Waals surface area contributed by atoms with Crippen molar-refractivity contribution in [2.24, 2.45) is 10.7 Å². The minimum Gasteiger partial charge on any atom is -0.465 e. The number of nitrogens with zero attached hydrogens (tertiary/aromatic N) is 1. The number of carbonyl (C=O) groups is 1. The van der Waals surface area contributed by atoms with Crippen LogP contribution in [0.15, 0.2) is 53.5 Å². The molecule has 0 aromatic heterocycles. The number of nitrogens with two attached hydrogens (primary N) is 1. The van der Waals surface area contributed by atoms with Crippen molar-refractivity contribution in [3.8, 4) is 0 Å². The van der Waals surface area contributed by atoms with Crippen LogP contribution in [-0.2, 0) is 17.7 Å². The third kappa shape index (κ3) is 4.85. The molecule has 0 spiro atoms. The molecule has 2 aromatic carbocycles. The maximum Gasteiger partial charge on any atom is 0.337 e. The van der Waals surface area contributed by atoms with Crippen molar-refractivity contribution in [2.45, 2.75) is 19.9 Å². The van der Waals surface area contributed by atoms with Gasteiger partial charge in [-0.2, -0.15) is 0 Å². The Bertz CT molecular complexity index is 694. The zero-order valence-electron chi connectivity index (χ0n) is 13.4. The monoisotopic (exact) mass is 311 g/mol. The van der Waals surface area contributed by atoms with E-state index < -0.39 is 0 Å². The van der Waals surface area contributed by atoms with Gasteiger partial charge in [0.15, 0.2) is 5.96 Å². The number of nitrogens with one attached hydrogen (secondary N) is 1. The molecule has 0 bridgehead atoms. The topological polar surface area (TPSA) is 76.7 Å². The first-order valence-corrected chi connectivity index (χ1v) is 7.45. The van der Waals surface area contributed by atoms with Crippen LogP contribution in [0.4, 0.5) is 5.69 Å². The van der Waals surface area contributed by atoms with Gasteiger partial charge in [0.2, 0.25) is 0 Å². The van der Waals surface area contributed by atoms with Gasteiger partial charge in [-0.3, -0.25) is 0 Å². The highest BCUT2D eigenvalue weighted by molar-refractivity contribution is 5.92. The minimum absolute atomic E-state index is 0.331. The van der Waals surface area contributed by atoms with E-state index in [0.717, 1.165) is 17.7 Å². The lowest BCUT2D eigenvalue weighted by molar-refractivity contribution is 0.0600. The standard InChI is InChI=1S/C18H21N3O2/c1-3-13-7-9-16(10-8-13)21-18(19)20-12-14-5-4-6-15(11-14)17(22)23-2/h4-11H,3,12H2,1-2H3,(H3,19,20,21). The lowest BCUT2D eigenvalue weighted by atomic mass is 10.1. The number of hydrogen-bond acceptors (Lipinski definition) is 3. The molecule has 0 radical (unpaired) electrons. The molecule has 0 saturated carbocycles. The van der Waals surface area contributed by atoms with Gasteiger partial charge in [0, 0.05) is 5.69 Å². The van der Waals surface area contributed by atoms with Gasteiger partial charge in [0.05, 0.1) is 19.2 Å². The number of aryl methyl sites for hydroxylation is 1. The van der Waals surface area contributed by atoms with Gasteiger partial charge in [-0.15, -0.1) is 0 Å². The van der Waals surface area contributed by atoms with E-state index in [1.807, 2.05) is 18.2 Å². The number of rotatable bonds is 5. The molecule has 5 nitrogen and oxygen atoms in total.